The Morgan fingerprint density at radius 3 is 2.52 bits per heavy atom. The summed E-state index contributed by atoms with van der Waals surface area (Å²) in [5, 5.41) is 1.23. The van der Waals surface area contributed by atoms with Crippen LogP contribution < -0.4 is 14.2 Å². The number of thiazole rings is 1. The van der Waals surface area contributed by atoms with Gasteiger partial charge in [0.2, 0.25) is 10.0 Å². The van der Waals surface area contributed by atoms with Crippen molar-refractivity contribution < 1.29 is 17.9 Å². The number of hydrogen-bond acceptors (Lipinski definition) is 7. The molecule has 3 aromatic rings. The first kappa shape index (κ1) is 22.9. The van der Waals surface area contributed by atoms with Crippen molar-refractivity contribution in [1.29, 1.82) is 0 Å². The van der Waals surface area contributed by atoms with E-state index in [1.165, 1.54) is 17.6 Å². The summed E-state index contributed by atoms with van der Waals surface area (Å²) in [4.78, 5) is 6.96. The van der Waals surface area contributed by atoms with Gasteiger partial charge in [-0.3, -0.25) is 4.90 Å². The summed E-state index contributed by atoms with van der Waals surface area (Å²) >= 11 is 7.50. The number of rotatable bonds is 8. The maximum Gasteiger partial charge on any atom is 0.279 e. The van der Waals surface area contributed by atoms with Gasteiger partial charge < -0.3 is 9.47 Å². The van der Waals surface area contributed by atoms with Crippen LogP contribution >= 0.6 is 22.9 Å². The Kier molecular flexibility index (Phi) is 6.50. The van der Waals surface area contributed by atoms with Crippen LogP contribution in [0.5, 0.6) is 16.7 Å². The van der Waals surface area contributed by atoms with Gasteiger partial charge in [0.25, 0.3) is 5.19 Å². The second-order valence-electron chi connectivity index (χ2n) is 8.69. The predicted molar refractivity (Wildman–Crippen MR) is 131 cm³/mol. The van der Waals surface area contributed by atoms with Gasteiger partial charge in [0.1, 0.15) is 18.1 Å². The number of benzene rings is 2. The van der Waals surface area contributed by atoms with Crippen LogP contribution in [0.15, 0.2) is 42.5 Å². The summed E-state index contributed by atoms with van der Waals surface area (Å²) in [7, 11) is -3.16. The molecule has 2 aliphatic heterocycles. The molecular formula is C23H26ClN3O4S2. The van der Waals surface area contributed by atoms with Crippen LogP contribution in [-0.4, -0.2) is 55.8 Å². The summed E-state index contributed by atoms with van der Waals surface area (Å²) in [6.07, 6.45) is 5.22. The molecule has 2 saturated heterocycles. The second kappa shape index (κ2) is 9.38. The molecule has 2 bridgehead atoms. The molecule has 1 N–H and O–H groups in total. The number of ether oxygens (including phenoxy) is 2. The Morgan fingerprint density at radius 1 is 1.12 bits per heavy atom. The molecule has 10 heteroatoms. The van der Waals surface area contributed by atoms with Crippen LogP contribution in [0.3, 0.4) is 0 Å². The van der Waals surface area contributed by atoms with Crippen LogP contribution in [-0.2, 0) is 10.0 Å². The maximum absolute atomic E-state index is 11.6. The van der Waals surface area contributed by atoms with E-state index in [4.69, 9.17) is 21.1 Å². The van der Waals surface area contributed by atoms with Crippen molar-refractivity contribution in [2.45, 2.75) is 43.8 Å². The van der Waals surface area contributed by atoms with Crippen molar-refractivity contribution in [1.82, 2.24) is 14.6 Å². The topological polar surface area (TPSA) is 80.8 Å². The normalized spacial score (nSPS) is 23.2. The van der Waals surface area contributed by atoms with E-state index in [9.17, 15) is 8.42 Å². The molecule has 2 aromatic carbocycles. The first-order valence-electron chi connectivity index (χ1n) is 11.0. The van der Waals surface area contributed by atoms with Crippen LogP contribution in [0.25, 0.3) is 10.2 Å². The minimum absolute atomic E-state index is 0.0506. The minimum atomic E-state index is -3.16. The lowest BCUT2D eigenvalue weighted by molar-refractivity contribution is 0.103. The molecule has 2 unspecified atom stereocenters. The molecule has 176 valence electrons. The summed E-state index contributed by atoms with van der Waals surface area (Å²) in [6, 6.07) is 14.1. The number of piperidine rings is 1. The molecule has 2 fully saturated rings. The summed E-state index contributed by atoms with van der Waals surface area (Å²) in [5.41, 5.74) is 0.826. The number of sulfonamides is 1. The first-order valence-corrected chi connectivity index (χ1v) is 14.1. The van der Waals surface area contributed by atoms with E-state index >= 15 is 0 Å². The Morgan fingerprint density at radius 2 is 1.82 bits per heavy atom. The molecule has 0 saturated carbocycles. The monoisotopic (exact) mass is 507 g/mol. The molecule has 3 atom stereocenters. The zero-order valence-electron chi connectivity index (χ0n) is 18.2. The molecule has 0 spiro atoms. The highest BCUT2D eigenvalue weighted by atomic mass is 35.5. The number of nitrogens with one attached hydrogen (secondary N) is 1. The fourth-order valence-electron chi connectivity index (χ4n) is 4.93. The fourth-order valence-corrected chi connectivity index (χ4v) is 6.71. The lowest BCUT2D eigenvalue weighted by Crippen LogP contribution is -2.51. The zero-order chi connectivity index (χ0) is 23.0. The Balaban J connectivity index is 1.12. The van der Waals surface area contributed by atoms with Crippen molar-refractivity contribution in [3.05, 3.63) is 47.5 Å². The molecule has 33 heavy (non-hydrogen) atoms. The quantitative estimate of drug-likeness (QED) is 0.477. The van der Waals surface area contributed by atoms with Gasteiger partial charge in [-0.2, -0.15) is 0 Å². The average molecular weight is 508 g/mol. The highest BCUT2D eigenvalue weighted by molar-refractivity contribution is 7.88. The smallest absolute Gasteiger partial charge is 0.279 e. The molecule has 5 rings (SSSR count). The molecular weight excluding hydrogens is 482 g/mol. The van der Waals surface area contributed by atoms with E-state index in [0.29, 0.717) is 34.7 Å². The average Bonchev–Trinajstić information content (AvgIpc) is 3.24. The van der Waals surface area contributed by atoms with E-state index in [2.05, 4.69) is 14.6 Å². The summed E-state index contributed by atoms with van der Waals surface area (Å²) in [5.74, 6) is 1.49. The van der Waals surface area contributed by atoms with Crippen molar-refractivity contribution in [3.63, 3.8) is 0 Å². The molecule has 2 aliphatic rings. The maximum atomic E-state index is 11.6. The highest BCUT2D eigenvalue weighted by Crippen LogP contribution is 2.36. The van der Waals surface area contributed by atoms with Gasteiger partial charge >= 0.3 is 0 Å². The number of aromatic nitrogens is 1. The van der Waals surface area contributed by atoms with Gasteiger partial charge in [-0.15, -0.1) is 0 Å². The lowest BCUT2D eigenvalue weighted by atomic mass is 9.98. The SMILES string of the molecule is CS(=O)(=O)NC1CC2CC[C@@H](C1)N2CCOc1ccc(Oc2nc3cc(Cl)ccc3s2)cc1. The van der Waals surface area contributed by atoms with Crippen LogP contribution in [0, 0.1) is 0 Å². The first-order chi connectivity index (χ1) is 15.8. The van der Waals surface area contributed by atoms with Gasteiger partial charge in [-0.1, -0.05) is 22.9 Å². The summed E-state index contributed by atoms with van der Waals surface area (Å²) in [6.45, 7) is 1.43. The van der Waals surface area contributed by atoms with Crippen LogP contribution in [0.2, 0.25) is 5.02 Å². The second-order valence-corrected chi connectivity index (χ2v) is 11.9. The van der Waals surface area contributed by atoms with Gasteiger partial charge in [0.05, 0.1) is 16.5 Å². The standard InChI is InChI=1S/C23H26ClN3O4S2/c1-33(28,29)26-16-13-17-3-4-18(14-16)27(17)10-11-30-19-5-7-20(8-6-19)31-23-25-21-12-15(24)2-9-22(21)32-23/h2,5-9,12,16-18,26H,3-4,10-11,13-14H2,1H3/t16?,17-,18?/m0/s1. The molecule has 3 heterocycles. The van der Waals surface area contributed by atoms with E-state index in [-0.39, 0.29) is 6.04 Å². The predicted octanol–water partition coefficient (Wildman–Crippen LogP) is 4.67. The van der Waals surface area contributed by atoms with Crippen molar-refractivity contribution in [3.8, 4) is 16.7 Å². The van der Waals surface area contributed by atoms with Crippen molar-refractivity contribution >= 4 is 43.2 Å². The van der Waals surface area contributed by atoms with Gasteiger partial charge in [0.15, 0.2) is 0 Å². The van der Waals surface area contributed by atoms with Gasteiger partial charge in [0, 0.05) is 29.7 Å². The molecule has 0 radical (unpaired) electrons. The zero-order valence-corrected chi connectivity index (χ0v) is 20.6. The number of nitrogens with zero attached hydrogens (tertiary/aromatic N) is 2. The van der Waals surface area contributed by atoms with Crippen LogP contribution in [0.4, 0.5) is 0 Å². The van der Waals surface area contributed by atoms with E-state index in [0.717, 1.165) is 48.2 Å². The Labute approximate surface area is 202 Å². The molecule has 7 nitrogen and oxygen atoms in total. The third-order valence-electron chi connectivity index (χ3n) is 6.24. The van der Waals surface area contributed by atoms with E-state index in [1.807, 2.05) is 42.5 Å². The lowest BCUT2D eigenvalue weighted by Gasteiger charge is -2.38. The Hall–Kier alpha value is -1.91. The third-order valence-corrected chi connectivity index (χ3v) is 8.15. The highest BCUT2D eigenvalue weighted by Gasteiger charge is 2.41. The van der Waals surface area contributed by atoms with Crippen LogP contribution in [0.1, 0.15) is 25.7 Å². The fraction of sp³-hybridized carbons (Fsp3) is 0.435. The molecule has 1 aromatic heterocycles. The van der Waals surface area contributed by atoms with Gasteiger partial charge in [-0.25, -0.2) is 18.1 Å². The third kappa shape index (κ3) is 5.60. The van der Waals surface area contributed by atoms with Crippen molar-refractivity contribution in [2.75, 3.05) is 19.4 Å². The minimum Gasteiger partial charge on any atom is -0.492 e. The number of fused-ring (bicyclic) bond motifs is 3. The number of halogens is 1. The van der Waals surface area contributed by atoms with Gasteiger partial charge in [-0.05, 0) is 68.1 Å². The Bertz CT molecular complexity index is 1220. The summed E-state index contributed by atoms with van der Waals surface area (Å²) < 4.78 is 38.8. The molecule has 0 amide bonds. The largest absolute Gasteiger partial charge is 0.492 e. The molecule has 0 aliphatic carbocycles. The van der Waals surface area contributed by atoms with E-state index < -0.39 is 10.0 Å². The van der Waals surface area contributed by atoms with Crippen molar-refractivity contribution in [2.24, 2.45) is 0 Å². The number of hydrogen-bond donors (Lipinski definition) is 1. The van der Waals surface area contributed by atoms with E-state index in [1.54, 1.807) is 0 Å².